The van der Waals surface area contributed by atoms with Crippen LogP contribution in [0, 0.1) is 0 Å². The first-order valence-electron chi connectivity index (χ1n) is 11.7. The average Bonchev–Trinajstić information content (AvgIpc) is 3.26. The van der Waals surface area contributed by atoms with Gasteiger partial charge in [0.05, 0.1) is 23.8 Å². The quantitative estimate of drug-likeness (QED) is 0.239. The van der Waals surface area contributed by atoms with Crippen molar-refractivity contribution in [1.82, 2.24) is 0 Å². The van der Waals surface area contributed by atoms with Crippen molar-refractivity contribution < 1.29 is 23.8 Å². The van der Waals surface area contributed by atoms with Gasteiger partial charge < -0.3 is 19.5 Å². The van der Waals surface area contributed by atoms with Crippen LogP contribution < -0.4 is 14.8 Å². The number of ether oxygens (including phenoxy) is 3. The number of rotatable bonds is 9. The highest BCUT2D eigenvalue weighted by molar-refractivity contribution is 9.10. The van der Waals surface area contributed by atoms with E-state index in [1.807, 2.05) is 36.4 Å². The molecule has 0 aliphatic heterocycles. The summed E-state index contributed by atoms with van der Waals surface area (Å²) in [5.41, 5.74) is 3.26. The van der Waals surface area contributed by atoms with Crippen LogP contribution in [0.2, 0.25) is 0 Å². The van der Waals surface area contributed by atoms with E-state index in [1.54, 1.807) is 30.5 Å². The first-order valence-corrected chi connectivity index (χ1v) is 13.3. The maximum absolute atomic E-state index is 13.3. The number of fused-ring (bicyclic) bond motifs is 1. The van der Waals surface area contributed by atoms with Crippen LogP contribution in [-0.4, -0.2) is 38.4 Å². The highest BCUT2D eigenvalue weighted by atomic mass is 79.9. The smallest absolute Gasteiger partial charge is 0.344 e. The summed E-state index contributed by atoms with van der Waals surface area (Å²) in [7, 11) is 1.53. The fraction of sp³-hybridized carbons (Fsp3) is 0.296. The van der Waals surface area contributed by atoms with Crippen molar-refractivity contribution in [3.63, 3.8) is 0 Å². The summed E-state index contributed by atoms with van der Waals surface area (Å²) in [6, 6.07) is 13.0. The topological polar surface area (TPSA) is 86.2 Å². The summed E-state index contributed by atoms with van der Waals surface area (Å²) in [4.78, 5) is 30.9. The Morgan fingerprint density at radius 3 is 2.69 bits per heavy atom. The molecule has 0 fully saturated rings. The molecule has 1 N–H and O–H groups in total. The van der Waals surface area contributed by atoms with Gasteiger partial charge in [-0.05, 0) is 83.9 Å². The number of halogens is 1. The molecule has 1 heterocycles. The van der Waals surface area contributed by atoms with Gasteiger partial charge in [-0.25, -0.2) is 9.79 Å². The summed E-state index contributed by atoms with van der Waals surface area (Å²) >= 11 is 5.07. The minimum Gasteiger partial charge on any atom is -0.493 e. The minimum atomic E-state index is -0.458. The van der Waals surface area contributed by atoms with Crippen LogP contribution in [0.3, 0.4) is 0 Å². The molecule has 4 rings (SSSR count). The highest BCUT2D eigenvalue weighted by Crippen LogP contribution is 2.41. The zero-order valence-electron chi connectivity index (χ0n) is 20.1. The van der Waals surface area contributed by atoms with Crippen molar-refractivity contribution in [2.24, 2.45) is 4.99 Å². The highest BCUT2D eigenvalue weighted by Gasteiger charge is 2.25. The molecule has 0 spiro atoms. The van der Waals surface area contributed by atoms with Crippen LogP contribution in [0.15, 0.2) is 51.9 Å². The molecule has 0 bridgehead atoms. The monoisotopic (exact) mass is 570 g/mol. The zero-order chi connectivity index (χ0) is 25.5. The number of carbonyl (C=O) groups excluding carboxylic acids is 2. The normalized spacial score (nSPS) is 12.8. The molecule has 1 aliphatic rings. The van der Waals surface area contributed by atoms with Gasteiger partial charge in [-0.3, -0.25) is 4.79 Å². The van der Waals surface area contributed by atoms with E-state index in [0.717, 1.165) is 42.5 Å². The predicted octanol–water partition coefficient (Wildman–Crippen LogP) is 6.34. The fourth-order valence-corrected chi connectivity index (χ4v) is 5.82. The van der Waals surface area contributed by atoms with Crippen LogP contribution in [0.25, 0.3) is 0 Å². The van der Waals surface area contributed by atoms with Crippen molar-refractivity contribution in [1.29, 1.82) is 0 Å². The molecular weight excluding hydrogens is 544 g/mol. The van der Waals surface area contributed by atoms with Crippen molar-refractivity contribution in [3.05, 3.63) is 68.5 Å². The second-order valence-corrected chi connectivity index (χ2v) is 10.0. The van der Waals surface area contributed by atoms with Crippen LogP contribution in [0.1, 0.15) is 46.1 Å². The number of benzene rings is 2. The Morgan fingerprint density at radius 2 is 1.94 bits per heavy atom. The molecule has 36 heavy (non-hydrogen) atoms. The third-order valence-electron chi connectivity index (χ3n) is 5.63. The lowest BCUT2D eigenvalue weighted by molar-refractivity contribution is -0.145. The number of aryl methyl sites for hydroxylation is 1. The van der Waals surface area contributed by atoms with E-state index < -0.39 is 5.97 Å². The van der Waals surface area contributed by atoms with E-state index in [2.05, 4.69) is 21.2 Å². The number of nitrogens with zero attached hydrogens (tertiary/aromatic N) is 1. The number of methoxy groups -OCH3 is 1. The molecule has 1 amide bonds. The molecule has 0 radical (unpaired) electrons. The molecular formula is C27H27BrN2O5S. The number of amides is 1. The van der Waals surface area contributed by atoms with Crippen molar-refractivity contribution in [3.8, 4) is 11.5 Å². The summed E-state index contributed by atoms with van der Waals surface area (Å²) in [5.74, 6) is 0.245. The van der Waals surface area contributed by atoms with E-state index in [0.29, 0.717) is 26.5 Å². The molecule has 7 nitrogen and oxygen atoms in total. The Morgan fingerprint density at radius 1 is 1.17 bits per heavy atom. The van der Waals surface area contributed by atoms with Gasteiger partial charge >= 0.3 is 5.97 Å². The minimum absolute atomic E-state index is 0.144. The fourth-order valence-electron chi connectivity index (χ4n) is 4.01. The number of esters is 1. The van der Waals surface area contributed by atoms with Crippen LogP contribution in [0.4, 0.5) is 10.7 Å². The Hall–Kier alpha value is -3.17. The lowest BCUT2D eigenvalue weighted by Gasteiger charge is -2.13. The number of thiophene rings is 1. The van der Waals surface area contributed by atoms with Gasteiger partial charge in [0.25, 0.3) is 5.91 Å². The second-order valence-electron chi connectivity index (χ2n) is 8.10. The van der Waals surface area contributed by atoms with Gasteiger partial charge in [0.1, 0.15) is 5.00 Å². The Balaban J connectivity index is 1.61. The third-order valence-corrected chi connectivity index (χ3v) is 7.42. The van der Waals surface area contributed by atoms with E-state index in [1.165, 1.54) is 12.0 Å². The first kappa shape index (κ1) is 25.9. The molecule has 1 aromatic heterocycles. The van der Waals surface area contributed by atoms with E-state index in [-0.39, 0.29) is 19.1 Å². The maximum atomic E-state index is 13.3. The van der Waals surface area contributed by atoms with Gasteiger partial charge in [-0.1, -0.05) is 18.2 Å². The van der Waals surface area contributed by atoms with E-state index in [9.17, 15) is 9.59 Å². The average molecular weight is 571 g/mol. The van der Waals surface area contributed by atoms with E-state index in [4.69, 9.17) is 19.2 Å². The summed E-state index contributed by atoms with van der Waals surface area (Å²) in [6.07, 6.45) is 5.74. The van der Waals surface area contributed by atoms with Crippen molar-refractivity contribution >= 4 is 56.0 Å². The number of aliphatic imine (C=N–C) groups is 1. The summed E-state index contributed by atoms with van der Waals surface area (Å²) < 4.78 is 16.6. The van der Waals surface area contributed by atoms with E-state index >= 15 is 0 Å². The van der Waals surface area contributed by atoms with Gasteiger partial charge in [0.2, 0.25) is 0 Å². The molecule has 9 heteroatoms. The van der Waals surface area contributed by atoms with Gasteiger partial charge in [0.15, 0.2) is 18.1 Å². The number of anilines is 1. The molecule has 0 atom stereocenters. The molecule has 188 valence electrons. The third kappa shape index (κ3) is 6.14. The second kappa shape index (κ2) is 12.2. The molecule has 0 saturated heterocycles. The molecule has 1 aliphatic carbocycles. The van der Waals surface area contributed by atoms with Crippen molar-refractivity contribution in [2.45, 2.75) is 32.6 Å². The van der Waals surface area contributed by atoms with Gasteiger partial charge in [-0.15, -0.1) is 11.3 Å². The lowest BCUT2D eigenvalue weighted by atomic mass is 9.95. The molecule has 3 aromatic rings. The molecule has 2 aromatic carbocycles. The van der Waals surface area contributed by atoms with Gasteiger partial charge in [0, 0.05) is 16.8 Å². The zero-order valence-corrected chi connectivity index (χ0v) is 22.5. The standard InChI is InChI=1S/C27H27BrN2O5S/c1-3-34-23(31)16-35-25-20(28)13-17(14-21(25)33-2)15-29-27-24(19-11-7-8-12-22(19)36-27)26(32)30-18-9-5-4-6-10-18/h4-6,9-10,13-15H,3,7-8,11-12,16H2,1-2H3,(H,30,32). The Bertz CT molecular complexity index is 1270. The molecule has 0 unspecified atom stereocenters. The number of para-hydroxylation sites is 1. The van der Waals surface area contributed by atoms with Crippen molar-refractivity contribution in [2.75, 3.05) is 25.6 Å². The molecule has 0 saturated carbocycles. The number of nitrogens with one attached hydrogen (secondary N) is 1. The SMILES string of the molecule is CCOC(=O)COc1c(Br)cc(C=Nc2sc3c(c2C(=O)Nc2ccccc2)CCCC3)cc1OC. The van der Waals surface area contributed by atoms with Crippen LogP contribution in [-0.2, 0) is 22.4 Å². The number of carbonyl (C=O) groups is 2. The number of hydrogen-bond acceptors (Lipinski definition) is 7. The van der Waals surface area contributed by atoms with Crippen LogP contribution in [0.5, 0.6) is 11.5 Å². The Kier molecular flexibility index (Phi) is 8.77. The largest absolute Gasteiger partial charge is 0.493 e. The van der Waals surface area contributed by atoms with Crippen LogP contribution >= 0.6 is 27.3 Å². The maximum Gasteiger partial charge on any atom is 0.344 e. The number of hydrogen-bond donors (Lipinski definition) is 1. The Labute approximate surface area is 222 Å². The summed E-state index contributed by atoms with van der Waals surface area (Å²) in [5, 5.41) is 3.70. The lowest BCUT2D eigenvalue weighted by Crippen LogP contribution is -2.15. The first-order chi connectivity index (χ1) is 17.5. The van der Waals surface area contributed by atoms with Gasteiger partial charge in [-0.2, -0.15) is 0 Å². The predicted molar refractivity (Wildman–Crippen MR) is 145 cm³/mol. The summed E-state index contributed by atoms with van der Waals surface area (Å²) in [6.45, 7) is 1.80.